The summed E-state index contributed by atoms with van der Waals surface area (Å²) in [6, 6.07) is 6.73. The summed E-state index contributed by atoms with van der Waals surface area (Å²) in [4.78, 5) is 54.5. The van der Waals surface area contributed by atoms with Crippen LogP contribution in [0.15, 0.2) is 48.8 Å². The summed E-state index contributed by atoms with van der Waals surface area (Å²) in [6.45, 7) is 4.08. The Kier molecular flexibility index (Phi) is 11.4. The molecule has 3 amide bonds. The Morgan fingerprint density at radius 1 is 1.29 bits per heavy atom. The number of halogens is 3. The Bertz CT molecular complexity index is 1220. The zero-order valence-electron chi connectivity index (χ0n) is 22.8. The molecule has 220 valence electrons. The topological polar surface area (TPSA) is 126 Å². The first-order chi connectivity index (χ1) is 19.6. The van der Waals surface area contributed by atoms with Crippen molar-refractivity contribution in [3.05, 3.63) is 64.9 Å². The number of rotatable bonds is 14. The van der Waals surface area contributed by atoms with Gasteiger partial charge < -0.3 is 25.5 Å². The molecule has 0 spiro atoms. The number of aldehydes is 1. The lowest BCUT2D eigenvalue weighted by molar-refractivity contribution is -0.130. The molecule has 3 rings (SSSR count). The summed E-state index contributed by atoms with van der Waals surface area (Å²) < 4.78 is 37.0. The summed E-state index contributed by atoms with van der Waals surface area (Å²) in [7, 11) is -0.206. The standard InChI is InChI=1S/C28H33ClF2N4O5Si/c1-3-4-11-27(41-2,25(38)34-22(17-36)15-19-10-14-33-24(19)37)35-26(39)40-23(18-8-12-32-13-9-18)28(30,31)20-6-5-7-21(29)16-20/h5-9,12-13,16-17,19,22-23H,3-4,10-11,14-15H2,1-2H3,(H,33,37)(H,34,38)(H,35,39)/t19-,22-,23?,27-/m0/s1. The van der Waals surface area contributed by atoms with E-state index in [1.807, 2.05) is 6.92 Å². The van der Waals surface area contributed by atoms with Gasteiger partial charge in [0.25, 0.3) is 0 Å². The predicted octanol–water partition coefficient (Wildman–Crippen LogP) is 4.14. The number of hydrogen-bond acceptors (Lipinski definition) is 6. The lowest BCUT2D eigenvalue weighted by Crippen LogP contribution is -2.64. The molecular formula is C28H33ClF2N4O5Si. The summed E-state index contributed by atoms with van der Waals surface area (Å²) in [5, 5.41) is 6.45. The van der Waals surface area contributed by atoms with Crippen molar-refractivity contribution in [1.82, 2.24) is 20.9 Å². The summed E-state index contributed by atoms with van der Waals surface area (Å²) in [5.74, 6) is -4.96. The molecule has 1 aromatic heterocycles. The molecule has 3 N–H and O–H groups in total. The summed E-state index contributed by atoms with van der Waals surface area (Å²) >= 11 is 5.96. The van der Waals surface area contributed by atoms with Crippen LogP contribution in [0.2, 0.25) is 11.6 Å². The van der Waals surface area contributed by atoms with E-state index in [4.69, 9.17) is 16.3 Å². The first-order valence-electron chi connectivity index (χ1n) is 13.3. The van der Waals surface area contributed by atoms with Gasteiger partial charge in [0.1, 0.15) is 11.4 Å². The van der Waals surface area contributed by atoms with Crippen molar-refractivity contribution in [1.29, 1.82) is 0 Å². The van der Waals surface area contributed by atoms with Crippen molar-refractivity contribution < 1.29 is 32.7 Å². The van der Waals surface area contributed by atoms with Crippen molar-refractivity contribution in [2.45, 2.75) is 68.8 Å². The molecule has 0 aliphatic carbocycles. The molecule has 1 aliphatic heterocycles. The van der Waals surface area contributed by atoms with Gasteiger partial charge in [-0.25, -0.2) is 4.79 Å². The van der Waals surface area contributed by atoms with Crippen LogP contribution in [-0.2, 0) is 25.0 Å². The van der Waals surface area contributed by atoms with Crippen LogP contribution >= 0.6 is 11.6 Å². The number of alkyl halides is 2. The average molecular weight is 607 g/mol. The molecule has 0 bridgehead atoms. The molecule has 1 aliphatic rings. The highest BCUT2D eigenvalue weighted by atomic mass is 35.5. The lowest BCUT2D eigenvalue weighted by Gasteiger charge is -2.34. The first kappa shape index (κ1) is 32.1. The van der Waals surface area contributed by atoms with E-state index in [0.29, 0.717) is 32.1 Å². The molecule has 1 fully saturated rings. The third kappa shape index (κ3) is 8.10. The molecule has 2 aromatic rings. The Hall–Kier alpha value is -3.38. The summed E-state index contributed by atoms with van der Waals surface area (Å²) in [5.41, 5.74) is -0.477. The Labute approximate surface area is 245 Å². The van der Waals surface area contributed by atoms with Crippen LogP contribution in [0.5, 0.6) is 0 Å². The zero-order valence-corrected chi connectivity index (χ0v) is 24.5. The van der Waals surface area contributed by atoms with Crippen LogP contribution in [0.25, 0.3) is 0 Å². The van der Waals surface area contributed by atoms with Gasteiger partial charge in [-0.15, -0.1) is 0 Å². The fraction of sp³-hybridized carbons (Fsp3) is 0.464. The van der Waals surface area contributed by atoms with E-state index in [1.54, 1.807) is 6.55 Å². The van der Waals surface area contributed by atoms with Crippen molar-refractivity contribution >= 4 is 45.3 Å². The van der Waals surface area contributed by atoms with Crippen LogP contribution < -0.4 is 16.0 Å². The smallest absolute Gasteiger partial charge is 0.408 e. The quantitative estimate of drug-likeness (QED) is 0.219. The molecule has 1 aromatic carbocycles. The molecule has 13 heteroatoms. The molecule has 41 heavy (non-hydrogen) atoms. The van der Waals surface area contributed by atoms with E-state index in [2.05, 4.69) is 20.9 Å². The molecule has 2 heterocycles. The van der Waals surface area contributed by atoms with Crippen LogP contribution in [-0.4, -0.2) is 56.4 Å². The highest BCUT2D eigenvalue weighted by molar-refractivity contribution is 6.46. The van der Waals surface area contributed by atoms with Crippen LogP contribution in [0.1, 0.15) is 56.3 Å². The largest absolute Gasteiger partial charge is 0.434 e. The Balaban J connectivity index is 1.86. The number of unbranched alkanes of at least 4 members (excludes halogenated alkanes) is 1. The maximum Gasteiger partial charge on any atom is 0.408 e. The van der Waals surface area contributed by atoms with Crippen LogP contribution in [0.3, 0.4) is 0 Å². The van der Waals surface area contributed by atoms with Crippen molar-refractivity contribution in [2.24, 2.45) is 5.92 Å². The van der Waals surface area contributed by atoms with Crippen molar-refractivity contribution in [2.75, 3.05) is 6.54 Å². The van der Waals surface area contributed by atoms with E-state index in [-0.39, 0.29) is 38.9 Å². The third-order valence-corrected chi connectivity index (χ3v) is 8.68. The van der Waals surface area contributed by atoms with Gasteiger partial charge >= 0.3 is 12.0 Å². The van der Waals surface area contributed by atoms with Crippen molar-refractivity contribution in [3.63, 3.8) is 0 Å². The number of pyridine rings is 1. The minimum Gasteiger partial charge on any atom is -0.434 e. The van der Waals surface area contributed by atoms with E-state index in [9.17, 15) is 19.2 Å². The minimum atomic E-state index is -3.70. The number of nitrogens with one attached hydrogen (secondary N) is 3. The van der Waals surface area contributed by atoms with Gasteiger partial charge in [-0.2, -0.15) is 8.78 Å². The van der Waals surface area contributed by atoms with Crippen molar-refractivity contribution in [3.8, 4) is 0 Å². The van der Waals surface area contributed by atoms with Gasteiger partial charge in [0, 0.05) is 41.0 Å². The number of amides is 3. The van der Waals surface area contributed by atoms with Gasteiger partial charge in [-0.1, -0.05) is 50.0 Å². The number of carbonyl (C=O) groups excluding carboxylic acids is 4. The molecule has 2 radical (unpaired) electrons. The van der Waals surface area contributed by atoms with Gasteiger partial charge in [-0.3, -0.25) is 14.6 Å². The number of hydrogen-bond donors (Lipinski definition) is 3. The molecule has 1 unspecified atom stereocenters. The minimum absolute atomic E-state index is 0.0152. The fourth-order valence-electron chi connectivity index (χ4n) is 4.64. The highest BCUT2D eigenvalue weighted by Gasteiger charge is 2.47. The number of aromatic nitrogens is 1. The van der Waals surface area contributed by atoms with E-state index >= 15 is 8.78 Å². The zero-order chi connectivity index (χ0) is 30.0. The lowest BCUT2D eigenvalue weighted by atomic mass is 9.97. The van der Waals surface area contributed by atoms with Gasteiger partial charge in [0.15, 0.2) is 6.10 Å². The number of carbonyl (C=O) groups is 4. The average Bonchev–Trinajstić information content (AvgIpc) is 3.37. The number of benzene rings is 1. The van der Waals surface area contributed by atoms with Crippen LogP contribution in [0, 0.1) is 5.92 Å². The maximum atomic E-state index is 15.8. The molecule has 0 saturated carbocycles. The summed E-state index contributed by atoms with van der Waals surface area (Å²) in [6.07, 6.45) is 1.89. The van der Waals surface area contributed by atoms with E-state index in [1.165, 1.54) is 42.7 Å². The number of nitrogens with zero attached hydrogens (tertiary/aromatic N) is 1. The number of ether oxygens (including phenoxy) is 1. The first-order valence-corrected chi connectivity index (χ1v) is 15.2. The number of alkyl carbamates (subject to hydrolysis) is 1. The highest BCUT2D eigenvalue weighted by Crippen LogP contribution is 2.43. The van der Waals surface area contributed by atoms with Crippen LogP contribution in [0.4, 0.5) is 13.6 Å². The maximum absolute atomic E-state index is 15.8. The second kappa shape index (κ2) is 14.5. The SMILES string of the molecule is CCCC[C@](NC(=O)OC(c1ccncc1)C(F)(F)c1cccc(Cl)c1)([Si]C)C(=O)N[C@H](C=O)C[C@@H]1CCNC1=O. The van der Waals surface area contributed by atoms with Gasteiger partial charge in [-0.05, 0) is 43.5 Å². The normalized spacial score (nSPS) is 18.0. The predicted molar refractivity (Wildman–Crippen MR) is 150 cm³/mol. The Morgan fingerprint density at radius 2 is 2.02 bits per heavy atom. The third-order valence-electron chi connectivity index (χ3n) is 6.99. The van der Waals surface area contributed by atoms with E-state index in [0.717, 1.165) is 6.07 Å². The molecule has 1 saturated heterocycles. The molecular weight excluding hydrogens is 574 g/mol. The second-order valence-electron chi connectivity index (χ2n) is 9.81. The monoisotopic (exact) mass is 606 g/mol. The van der Waals surface area contributed by atoms with Gasteiger partial charge in [0.05, 0.1) is 15.6 Å². The molecule has 9 nitrogen and oxygen atoms in total. The molecule has 4 atom stereocenters. The van der Waals surface area contributed by atoms with E-state index < -0.39 is 46.7 Å². The Morgan fingerprint density at radius 3 is 2.61 bits per heavy atom. The fourth-order valence-corrected chi connectivity index (χ4v) is 5.78. The van der Waals surface area contributed by atoms with Gasteiger partial charge in [0.2, 0.25) is 11.8 Å². The second-order valence-corrected chi connectivity index (χ2v) is 11.6.